The minimum atomic E-state index is -0.0768. The lowest BCUT2D eigenvalue weighted by Crippen LogP contribution is -2.46. The number of carbonyl (C=O) groups excluding carboxylic acids is 1. The number of nitrogens with one attached hydrogen (secondary N) is 1. The van der Waals surface area contributed by atoms with Crippen molar-refractivity contribution in [1.82, 2.24) is 20.4 Å². The van der Waals surface area contributed by atoms with Crippen LogP contribution in [0.5, 0.6) is 5.75 Å². The molecule has 174 valence electrons. The molecule has 1 aliphatic heterocycles. The van der Waals surface area contributed by atoms with Crippen molar-refractivity contribution in [2.45, 2.75) is 39.3 Å². The van der Waals surface area contributed by atoms with Gasteiger partial charge in [-0.1, -0.05) is 34.5 Å². The SMILES string of the molecule is Cc1ccc(OCC(C)NC(=O)C2CCCN(Cc3nc(-c4ccc(Cl)cc4)no3)C2)cc1. The second-order valence-corrected chi connectivity index (χ2v) is 9.06. The molecule has 1 fully saturated rings. The van der Waals surface area contributed by atoms with Crippen molar-refractivity contribution >= 4 is 17.5 Å². The molecule has 1 amide bonds. The van der Waals surface area contributed by atoms with Crippen LogP contribution in [0.15, 0.2) is 53.1 Å². The maximum atomic E-state index is 12.8. The average Bonchev–Trinajstić information content (AvgIpc) is 3.27. The van der Waals surface area contributed by atoms with Gasteiger partial charge in [-0.25, -0.2) is 0 Å². The van der Waals surface area contributed by atoms with Crippen LogP contribution in [0.3, 0.4) is 0 Å². The van der Waals surface area contributed by atoms with Crippen LogP contribution in [-0.2, 0) is 11.3 Å². The van der Waals surface area contributed by atoms with E-state index in [9.17, 15) is 4.79 Å². The molecule has 2 unspecified atom stereocenters. The fourth-order valence-electron chi connectivity index (χ4n) is 3.90. The average molecular weight is 469 g/mol. The first-order chi connectivity index (χ1) is 16.0. The molecule has 7 nitrogen and oxygen atoms in total. The highest BCUT2D eigenvalue weighted by molar-refractivity contribution is 6.30. The van der Waals surface area contributed by atoms with Crippen LogP contribution >= 0.6 is 11.6 Å². The Morgan fingerprint density at radius 3 is 2.76 bits per heavy atom. The Labute approximate surface area is 199 Å². The van der Waals surface area contributed by atoms with Gasteiger partial charge in [0.2, 0.25) is 17.6 Å². The predicted molar refractivity (Wildman–Crippen MR) is 127 cm³/mol. The zero-order valence-electron chi connectivity index (χ0n) is 19.0. The normalized spacial score (nSPS) is 17.5. The third kappa shape index (κ3) is 6.55. The van der Waals surface area contributed by atoms with Crippen LogP contribution in [0.4, 0.5) is 0 Å². The van der Waals surface area contributed by atoms with E-state index in [1.165, 1.54) is 5.56 Å². The predicted octanol–water partition coefficient (Wildman–Crippen LogP) is 4.49. The van der Waals surface area contributed by atoms with E-state index in [1.54, 1.807) is 12.1 Å². The zero-order chi connectivity index (χ0) is 23.2. The Balaban J connectivity index is 1.26. The van der Waals surface area contributed by atoms with Crippen molar-refractivity contribution in [2.75, 3.05) is 19.7 Å². The molecular weight excluding hydrogens is 440 g/mol. The standard InChI is InChI=1S/C25H29ClN4O3/c1-17-5-11-22(12-6-17)32-16-18(2)27-25(31)20-4-3-13-30(14-20)15-23-28-24(29-33-23)19-7-9-21(26)10-8-19/h5-12,18,20H,3-4,13-16H2,1-2H3,(H,27,31). The number of likely N-dealkylation sites (tertiary alicyclic amines) is 1. The van der Waals surface area contributed by atoms with Crippen molar-refractivity contribution in [3.8, 4) is 17.1 Å². The minimum absolute atomic E-state index is 0.0621. The molecule has 1 aromatic heterocycles. The first-order valence-electron chi connectivity index (χ1n) is 11.3. The fourth-order valence-corrected chi connectivity index (χ4v) is 4.02. The summed E-state index contributed by atoms with van der Waals surface area (Å²) in [5.74, 6) is 1.88. The summed E-state index contributed by atoms with van der Waals surface area (Å²) < 4.78 is 11.2. The summed E-state index contributed by atoms with van der Waals surface area (Å²) >= 11 is 5.94. The lowest BCUT2D eigenvalue weighted by molar-refractivity contribution is -0.127. The first kappa shape index (κ1) is 23.3. The molecule has 4 rings (SSSR count). The third-order valence-electron chi connectivity index (χ3n) is 5.72. The number of aryl methyl sites for hydroxylation is 1. The highest BCUT2D eigenvalue weighted by Crippen LogP contribution is 2.22. The van der Waals surface area contributed by atoms with Gasteiger partial charge in [-0.2, -0.15) is 4.98 Å². The van der Waals surface area contributed by atoms with Crippen LogP contribution in [0.1, 0.15) is 31.2 Å². The number of piperidine rings is 1. The molecule has 0 bridgehead atoms. The van der Waals surface area contributed by atoms with E-state index in [-0.39, 0.29) is 17.9 Å². The summed E-state index contributed by atoms with van der Waals surface area (Å²) in [7, 11) is 0. The van der Waals surface area contributed by atoms with Crippen molar-refractivity contribution in [2.24, 2.45) is 5.92 Å². The number of amides is 1. The summed E-state index contributed by atoms with van der Waals surface area (Å²) in [4.78, 5) is 19.5. The topological polar surface area (TPSA) is 80.5 Å². The molecule has 2 atom stereocenters. The molecule has 0 radical (unpaired) electrons. The number of nitrogens with zero attached hydrogens (tertiary/aromatic N) is 3. The number of hydrogen-bond donors (Lipinski definition) is 1. The van der Waals surface area contributed by atoms with Crippen LogP contribution in [0.2, 0.25) is 5.02 Å². The summed E-state index contributed by atoms with van der Waals surface area (Å²) in [5, 5.41) is 7.83. The summed E-state index contributed by atoms with van der Waals surface area (Å²) in [6.45, 7) is 6.52. The molecule has 0 aliphatic carbocycles. The minimum Gasteiger partial charge on any atom is -0.491 e. The number of ether oxygens (including phenoxy) is 1. The molecule has 0 saturated carbocycles. The number of hydrogen-bond acceptors (Lipinski definition) is 6. The van der Waals surface area contributed by atoms with Crippen LogP contribution in [0.25, 0.3) is 11.4 Å². The number of carbonyl (C=O) groups is 1. The first-order valence-corrected chi connectivity index (χ1v) is 11.6. The second-order valence-electron chi connectivity index (χ2n) is 8.63. The van der Waals surface area contributed by atoms with Crippen molar-refractivity contribution in [3.63, 3.8) is 0 Å². The summed E-state index contributed by atoms with van der Waals surface area (Å²) in [6, 6.07) is 15.2. The van der Waals surface area contributed by atoms with Gasteiger partial charge in [-0.15, -0.1) is 0 Å². The number of aromatic nitrogens is 2. The Morgan fingerprint density at radius 1 is 1.24 bits per heavy atom. The molecule has 1 N–H and O–H groups in total. The Bertz CT molecular complexity index is 1050. The monoisotopic (exact) mass is 468 g/mol. The molecule has 0 spiro atoms. The van der Waals surface area contributed by atoms with Crippen LogP contribution < -0.4 is 10.1 Å². The lowest BCUT2D eigenvalue weighted by atomic mass is 9.97. The van der Waals surface area contributed by atoms with Crippen LogP contribution in [-0.4, -0.2) is 46.7 Å². The maximum absolute atomic E-state index is 12.8. The third-order valence-corrected chi connectivity index (χ3v) is 5.97. The van der Waals surface area contributed by atoms with E-state index in [2.05, 4.69) is 20.4 Å². The highest BCUT2D eigenvalue weighted by atomic mass is 35.5. The molecular formula is C25H29ClN4O3. The summed E-state index contributed by atoms with van der Waals surface area (Å²) in [6.07, 6.45) is 1.82. The van der Waals surface area contributed by atoms with Crippen molar-refractivity contribution in [3.05, 3.63) is 65.0 Å². The Hall–Kier alpha value is -2.90. The second kappa shape index (κ2) is 10.8. The van der Waals surface area contributed by atoms with Crippen molar-refractivity contribution < 1.29 is 14.1 Å². The molecule has 8 heteroatoms. The van der Waals surface area contributed by atoms with E-state index < -0.39 is 0 Å². The Kier molecular flexibility index (Phi) is 7.62. The van der Waals surface area contributed by atoms with E-state index in [0.29, 0.717) is 36.4 Å². The van der Waals surface area contributed by atoms with Crippen LogP contribution in [0, 0.1) is 12.8 Å². The van der Waals surface area contributed by atoms with Gasteiger partial charge in [0.15, 0.2) is 0 Å². The highest BCUT2D eigenvalue weighted by Gasteiger charge is 2.27. The molecule has 1 aliphatic rings. The van der Waals surface area contributed by atoms with Gasteiger partial charge in [0, 0.05) is 17.1 Å². The molecule has 2 aromatic carbocycles. The Morgan fingerprint density at radius 2 is 2.00 bits per heavy atom. The zero-order valence-corrected chi connectivity index (χ0v) is 19.7. The quantitative estimate of drug-likeness (QED) is 0.524. The molecule has 33 heavy (non-hydrogen) atoms. The van der Waals surface area contributed by atoms with Crippen molar-refractivity contribution in [1.29, 1.82) is 0 Å². The smallest absolute Gasteiger partial charge is 0.241 e. The van der Waals surface area contributed by atoms with E-state index in [4.69, 9.17) is 20.9 Å². The van der Waals surface area contributed by atoms with Gasteiger partial charge in [-0.05, 0) is 69.6 Å². The van der Waals surface area contributed by atoms with E-state index in [0.717, 1.165) is 30.7 Å². The largest absolute Gasteiger partial charge is 0.491 e. The van der Waals surface area contributed by atoms with Gasteiger partial charge >= 0.3 is 0 Å². The molecule has 2 heterocycles. The molecule has 1 saturated heterocycles. The van der Waals surface area contributed by atoms with E-state index >= 15 is 0 Å². The summed E-state index contributed by atoms with van der Waals surface area (Å²) in [5.41, 5.74) is 2.04. The fraction of sp³-hybridized carbons (Fsp3) is 0.400. The van der Waals surface area contributed by atoms with Gasteiger partial charge in [0.1, 0.15) is 12.4 Å². The van der Waals surface area contributed by atoms with Gasteiger partial charge < -0.3 is 14.6 Å². The maximum Gasteiger partial charge on any atom is 0.241 e. The number of halogens is 1. The van der Waals surface area contributed by atoms with Gasteiger partial charge in [0.25, 0.3) is 0 Å². The number of benzene rings is 2. The van der Waals surface area contributed by atoms with Gasteiger partial charge in [0.05, 0.1) is 18.5 Å². The van der Waals surface area contributed by atoms with E-state index in [1.807, 2.05) is 50.2 Å². The lowest BCUT2D eigenvalue weighted by Gasteiger charge is -2.31. The number of rotatable bonds is 8. The van der Waals surface area contributed by atoms with Gasteiger partial charge in [-0.3, -0.25) is 9.69 Å². The molecule has 3 aromatic rings.